The Morgan fingerprint density at radius 2 is 1.86 bits per heavy atom. The van der Waals surface area contributed by atoms with Gasteiger partial charge in [0, 0.05) is 0 Å². The first kappa shape index (κ1) is 14.7. The first-order valence-corrected chi connectivity index (χ1v) is 3.85. The van der Waals surface area contributed by atoms with E-state index in [1.54, 1.807) is 0 Å². The zero-order chi connectivity index (χ0) is 10.1. The number of halogens is 3. The Bertz CT molecular complexity index is 314. The van der Waals surface area contributed by atoms with Crippen molar-refractivity contribution in [3.63, 3.8) is 0 Å². The summed E-state index contributed by atoms with van der Waals surface area (Å²) >= 11 is 0. The fourth-order valence-electron chi connectivity index (χ4n) is 1.20. The number of rotatable bonds is 2. The van der Waals surface area contributed by atoms with Crippen molar-refractivity contribution in [2.75, 3.05) is 0 Å². The Morgan fingerprint density at radius 3 is 2.21 bits per heavy atom. The van der Waals surface area contributed by atoms with Gasteiger partial charge in [-0.1, -0.05) is 23.8 Å². The van der Waals surface area contributed by atoms with E-state index in [9.17, 15) is 12.9 Å². The monoisotopic (exact) mass is 228 g/mol. The number of aryl methyl sites for hydroxylation is 1. The average Bonchev–Trinajstić information content (AvgIpc) is 2.01. The summed E-state index contributed by atoms with van der Waals surface area (Å²) in [7, 11) is 0. The zero-order valence-electron chi connectivity index (χ0n) is 8.10. The van der Waals surface area contributed by atoms with Crippen molar-refractivity contribution in [3.8, 4) is 0 Å². The van der Waals surface area contributed by atoms with Crippen molar-refractivity contribution in [3.05, 3.63) is 29.3 Å². The summed E-state index contributed by atoms with van der Waals surface area (Å²) < 4.78 is 36.9. The van der Waals surface area contributed by atoms with Gasteiger partial charge in [0.2, 0.25) is 0 Å². The second-order valence-electron chi connectivity index (χ2n) is 2.92. The molecule has 1 N–H and O–H groups in total. The topological polar surface area (TPSA) is 20.2 Å². The standard InChI is InChI=1S/C8H9BF3O.K/c1-6-4-7(5-13)2-3-8(6)9(10,11)12;/h2-4,13H,5H2,1H3;/q-1;+1. The summed E-state index contributed by atoms with van der Waals surface area (Å²) in [6, 6.07) is 3.66. The molecule has 0 saturated heterocycles. The second-order valence-corrected chi connectivity index (χ2v) is 2.92. The van der Waals surface area contributed by atoms with E-state index < -0.39 is 12.4 Å². The van der Waals surface area contributed by atoms with Gasteiger partial charge in [-0.05, 0) is 12.5 Å². The molecule has 0 saturated carbocycles. The van der Waals surface area contributed by atoms with Crippen molar-refractivity contribution in [2.24, 2.45) is 0 Å². The summed E-state index contributed by atoms with van der Waals surface area (Å²) in [5, 5.41) is 8.68. The summed E-state index contributed by atoms with van der Waals surface area (Å²) in [5.41, 5.74) is 0.0811. The molecular formula is C8H9BF3KO. The Hall–Kier alpha value is 0.671. The molecule has 6 heteroatoms. The van der Waals surface area contributed by atoms with E-state index in [-0.39, 0.29) is 63.6 Å². The Labute approximate surface area is 123 Å². The number of hydrogen-bond acceptors (Lipinski definition) is 1. The van der Waals surface area contributed by atoms with Gasteiger partial charge in [-0.3, -0.25) is 0 Å². The summed E-state index contributed by atoms with van der Waals surface area (Å²) in [6.07, 6.45) is 0. The van der Waals surface area contributed by atoms with E-state index in [1.807, 2.05) is 0 Å². The van der Waals surface area contributed by atoms with Crippen molar-refractivity contribution in [1.29, 1.82) is 0 Å². The molecule has 72 valence electrons. The van der Waals surface area contributed by atoms with Gasteiger partial charge in [0.25, 0.3) is 0 Å². The molecule has 0 aliphatic rings. The predicted molar refractivity (Wildman–Crippen MR) is 45.8 cm³/mol. The van der Waals surface area contributed by atoms with Crippen LogP contribution in [0.15, 0.2) is 18.2 Å². The number of benzene rings is 1. The molecule has 1 aromatic rings. The molecule has 1 nitrogen and oxygen atoms in total. The fraction of sp³-hybridized carbons (Fsp3) is 0.250. The van der Waals surface area contributed by atoms with Crippen molar-refractivity contribution in [1.82, 2.24) is 0 Å². The fourth-order valence-corrected chi connectivity index (χ4v) is 1.20. The Kier molecular flexibility index (Phi) is 5.94. The minimum atomic E-state index is -4.93. The third kappa shape index (κ3) is 3.68. The maximum Gasteiger partial charge on any atom is 1.00 e. The maximum absolute atomic E-state index is 12.3. The van der Waals surface area contributed by atoms with Crippen molar-refractivity contribution >= 4 is 12.4 Å². The molecule has 0 amide bonds. The van der Waals surface area contributed by atoms with Crippen LogP contribution < -0.4 is 56.8 Å². The average molecular weight is 228 g/mol. The molecule has 0 unspecified atom stereocenters. The van der Waals surface area contributed by atoms with Crippen molar-refractivity contribution < 1.29 is 69.4 Å². The van der Waals surface area contributed by atoms with Crippen LogP contribution >= 0.6 is 0 Å². The first-order chi connectivity index (χ1) is 5.95. The summed E-state index contributed by atoms with van der Waals surface area (Å²) in [5.74, 6) is 0. The third-order valence-corrected chi connectivity index (χ3v) is 1.87. The van der Waals surface area contributed by atoms with E-state index in [0.717, 1.165) is 6.07 Å². The van der Waals surface area contributed by atoms with E-state index in [2.05, 4.69) is 0 Å². The molecule has 0 atom stereocenters. The molecule has 0 radical (unpaired) electrons. The molecule has 0 aliphatic carbocycles. The molecule has 0 bridgehead atoms. The largest absolute Gasteiger partial charge is 1.00 e. The smallest absolute Gasteiger partial charge is 0.445 e. The van der Waals surface area contributed by atoms with Gasteiger partial charge in [-0.2, -0.15) is 0 Å². The molecule has 0 fully saturated rings. The minimum absolute atomic E-state index is 0. The molecule has 0 spiro atoms. The zero-order valence-corrected chi connectivity index (χ0v) is 11.2. The van der Waals surface area contributed by atoms with Gasteiger partial charge in [0.1, 0.15) is 0 Å². The van der Waals surface area contributed by atoms with Crippen LogP contribution in [0, 0.1) is 6.92 Å². The molecule has 0 heterocycles. The van der Waals surface area contributed by atoms with E-state index in [1.165, 1.54) is 19.1 Å². The molecule has 1 aromatic carbocycles. The van der Waals surface area contributed by atoms with Crippen molar-refractivity contribution in [2.45, 2.75) is 13.5 Å². The Morgan fingerprint density at radius 1 is 1.29 bits per heavy atom. The molecule has 14 heavy (non-hydrogen) atoms. The maximum atomic E-state index is 12.3. The van der Waals surface area contributed by atoms with E-state index >= 15 is 0 Å². The van der Waals surface area contributed by atoms with Crippen LogP contribution in [0.4, 0.5) is 12.9 Å². The number of aliphatic hydroxyl groups is 1. The molecular weight excluding hydrogens is 219 g/mol. The van der Waals surface area contributed by atoms with E-state index in [0.29, 0.717) is 5.56 Å². The van der Waals surface area contributed by atoms with Crippen LogP contribution in [0.3, 0.4) is 0 Å². The number of hydrogen-bond donors (Lipinski definition) is 1. The van der Waals surface area contributed by atoms with Crippen LogP contribution in [0.1, 0.15) is 11.1 Å². The minimum Gasteiger partial charge on any atom is -0.445 e. The number of aliphatic hydroxyl groups excluding tert-OH is 1. The summed E-state index contributed by atoms with van der Waals surface area (Å²) in [6.45, 7) is -3.77. The van der Waals surface area contributed by atoms with Gasteiger partial charge >= 0.3 is 58.4 Å². The first-order valence-electron chi connectivity index (χ1n) is 3.85. The van der Waals surface area contributed by atoms with Crippen LogP contribution in [0.5, 0.6) is 0 Å². The second kappa shape index (κ2) is 5.67. The summed E-state index contributed by atoms with van der Waals surface area (Å²) in [4.78, 5) is 0. The third-order valence-electron chi connectivity index (χ3n) is 1.87. The van der Waals surface area contributed by atoms with Gasteiger partial charge < -0.3 is 18.1 Å². The van der Waals surface area contributed by atoms with Gasteiger partial charge in [0.05, 0.1) is 6.61 Å². The molecule has 0 aromatic heterocycles. The van der Waals surface area contributed by atoms with Crippen LogP contribution in [0.2, 0.25) is 0 Å². The Balaban J connectivity index is 0.00000169. The van der Waals surface area contributed by atoms with E-state index in [4.69, 9.17) is 5.11 Å². The van der Waals surface area contributed by atoms with Crippen LogP contribution in [-0.4, -0.2) is 12.1 Å². The normalized spacial score (nSPS) is 10.9. The van der Waals surface area contributed by atoms with Gasteiger partial charge in [0.15, 0.2) is 0 Å². The van der Waals surface area contributed by atoms with Crippen LogP contribution in [0.25, 0.3) is 0 Å². The molecule has 1 rings (SSSR count). The van der Waals surface area contributed by atoms with Gasteiger partial charge in [-0.25, -0.2) is 0 Å². The molecule has 0 aliphatic heterocycles. The SMILES string of the molecule is Cc1cc(CO)ccc1[B-](F)(F)F.[K+]. The van der Waals surface area contributed by atoms with Crippen LogP contribution in [-0.2, 0) is 6.61 Å². The van der Waals surface area contributed by atoms with Gasteiger partial charge in [-0.15, -0.1) is 5.46 Å². The quantitative estimate of drug-likeness (QED) is 0.614. The predicted octanol–water partition coefficient (Wildman–Crippen LogP) is -1.45.